The molecule has 0 spiro atoms. The fourth-order valence-electron chi connectivity index (χ4n) is 2.76. The van der Waals surface area contributed by atoms with Gasteiger partial charge in [-0.05, 0) is 49.6 Å². The monoisotopic (exact) mass is 313 g/mol. The third kappa shape index (κ3) is 4.11. The number of amides is 1. The van der Waals surface area contributed by atoms with Gasteiger partial charge in [0.2, 0.25) is 0 Å². The average molecular weight is 313 g/mol. The van der Waals surface area contributed by atoms with E-state index in [4.69, 9.17) is 4.74 Å². The summed E-state index contributed by atoms with van der Waals surface area (Å²) >= 11 is 0. The lowest BCUT2D eigenvalue weighted by molar-refractivity contribution is 0.0915. The maximum atomic E-state index is 12.4. The largest absolute Gasteiger partial charge is 0.497 e. The normalized spacial score (nSPS) is 11.9. The Labute approximate surface area is 137 Å². The van der Waals surface area contributed by atoms with Gasteiger partial charge in [-0.25, -0.2) is 0 Å². The summed E-state index contributed by atoms with van der Waals surface area (Å²) in [5.41, 5.74) is 4.44. The Hall–Kier alpha value is -2.33. The molecule has 0 aliphatic carbocycles. The second kappa shape index (κ2) is 7.29. The molecular weight excluding hydrogens is 290 g/mol. The van der Waals surface area contributed by atoms with Crippen molar-refractivity contribution in [3.05, 3.63) is 64.2 Å². The highest BCUT2D eigenvalue weighted by Crippen LogP contribution is 2.19. The number of aliphatic hydroxyl groups excluding tert-OH is 1. The van der Waals surface area contributed by atoms with Gasteiger partial charge in [-0.2, -0.15) is 0 Å². The van der Waals surface area contributed by atoms with E-state index in [2.05, 4.69) is 5.32 Å². The molecule has 2 rings (SSSR count). The van der Waals surface area contributed by atoms with E-state index >= 15 is 0 Å². The quantitative estimate of drug-likeness (QED) is 0.892. The number of aliphatic hydroxyl groups is 1. The average Bonchev–Trinajstić information content (AvgIpc) is 2.51. The summed E-state index contributed by atoms with van der Waals surface area (Å²) in [7, 11) is 1.60. The van der Waals surface area contributed by atoms with Crippen LogP contribution in [0.15, 0.2) is 36.4 Å². The first-order valence-electron chi connectivity index (χ1n) is 7.60. The van der Waals surface area contributed by atoms with Gasteiger partial charge in [-0.15, -0.1) is 0 Å². The molecular formula is C19H23NO3. The van der Waals surface area contributed by atoms with Crippen molar-refractivity contribution in [2.24, 2.45) is 0 Å². The molecule has 0 saturated carbocycles. The van der Waals surface area contributed by atoms with Crippen molar-refractivity contribution in [3.8, 4) is 5.75 Å². The lowest BCUT2D eigenvalue weighted by Crippen LogP contribution is -2.29. The van der Waals surface area contributed by atoms with Crippen LogP contribution in [0.3, 0.4) is 0 Å². The highest BCUT2D eigenvalue weighted by molar-refractivity contribution is 5.97. The van der Waals surface area contributed by atoms with E-state index in [1.807, 2.05) is 32.9 Å². The van der Waals surface area contributed by atoms with Gasteiger partial charge in [-0.1, -0.05) is 29.8 Å². The van der Waals surface area contributed by atoms with Crippen LogP contribution in [0.25, 0.3) is 0 Å². The molecule has 1 amide bonds. The van der Waals surface area contributed by atoms with E-state index in [9.17, 15) is 9.90 Å². The molecule has 4 nitrogen and oxygen atoms in total. The number of rotatable bonds is 5. The summed E-state index contributed by atoms with van der Waals surface area (Å²) in [5, 5.41) is 13.0. The molecule has 0 aliphatic rings. The zero-order chi connectivity index (χ0) is 17.0. The first-order valence-corrected chi connectivity index (χ1v) is 7.60. The predicted molar refractivity (Wildman–Crippen MR) is 90.9 cm³/mol. The molecule has 122 valence electrons. The summed E-state index contributed by atoms with van der Waals surface area (Å²) < 4.78 is 5.09. The summed E-state index contributed by atoms with van der Waals surface area (Å²) in [5.74, 6) is 0.573. The van der Waals surface area contributed by atoms with Gasteiger partial charge in [0.15, 0.2) is 0 Å². The fraction of sp³-hybridized carbons (Fsp3) is 0.316. The number of carbonyl (C=O) groups is 1. The first-order chi connectivity index (χ1) is 10.9. The molecule has 0 bridgehead atoms. The highest BCUT2D eigenvalue weighted by Gasteiger charge is 2.15. The third-order valence-corrected chi connectivity index (χ3v) is 3.86. The molecule has 2 N–H and O–H groups in total. The minimum atomic E-state index is -0.754. The number of methoxy groups -OCH3 is 1. The van der Waals surface area contributed by atoms with Gasteiger partial charge < -0.3 is 15.2 Å². The van der Waals surface area contributed by atoms with Crippen LogP contribution in [0.2, 0.25) is 0 Å². The van der Waals surface area contributed by atoms with Gasteiger partial charge in [0.05, 0.1) is 13.2 Å². The Morgan fingerprint density at radius 1 is 1.13 bits per heavy atom. The molecule has 23 heavy (non-hydrogen) atoms. The van der Waals surface area contributed by atoms with E-state index in [1.165, 1.54) is 0 Å². The number of hydrogen-bond donors (Lipinski definition) is 2. The van der Waals surface area contributed by atoms with Crippen molar-refractivity contribution in [1.29, 1.82) is 0 Å². The van der Waals surface area contributed by atoms with Gasteiger partial charge >= 0.3 is 0 Å². The molecule has 2 aromatic carbocycles. The number of aryl methyl sites for hydroxylation is 3. The summed E-state index contributed by atoms with van der Waals surface area (Å²) in [4.78, 5) is 12.4. The SMILES string of the molecule is COc1ccc(C(O)CNC(=O)c2c(C)cc(C)cc2C)cc1. The minimum absolute atomic E-state index is 0.160. The zero-order valence-electron chi connectivity index (χ0n) is 14.0. The zero-order valence-corrected chi connectivity index (χ0v) is 14.0. The van der Waals surface area contributed by atoms with Crippen LogP contribution in [0, 0.1) is 20.8 Å². The predicted octanol–water partition coefficient (Wildman–Crippen LogP) is 3.08. The Bertz CT molecular complexity index is 669. The van der Waals surface area contributed by atoms with E-state index in [0.29, 0.717) is 5.56 Å². The maximum absolute atomic E-state index is 12.4. The molecule has 4 heteroatoms. The van der Waals surface area contributed by atoms with Crippen LogP contribution in [-0.4, -0.2) is 24.7 Å². The lowest BCUT2D eigenvalue weighted by atomic mass is 9.99. The van der Waals surface area contributed by atoms with Crippen molar-refractivity contribution in [1.82, 2.24) is 5.32 Å². The molecule has 0 fully saturated rings. The Balaban J connectivity index is 2.03. The van der Waals surface area contributed by atoms with E-state index in [-0.39, 0.29) is 12.5 Å². The van der Waals surface area contributed by atoms with Crippen LogP contribution in [-0.2, 0) is 0 Å². The molecule has 0 radical (unpaired) electrons. The number of benzene rings is 2. The van der Waals surface area contributed by atoms with Gasteiger partial charge in [0.1, 0.15) is 5.75 Å². The highest BCUT2D eigenvalue weighted by atomic mass is 16.5. The second-order valence-electron chi connectivity index (χ2n) is 5.77. The number of nitrogens with one attached hydrogen (secondary N) is 1. The number of ether oxygens (including phenoxy) is 1. The van der Waals surface area contributed by atoms with Crippen LogP contribution in [0.5, 0.6) is 5.75 Å². The minimum Gasteiger partial charge on any atom is -0.497 e. The summed E-state index contributed by atoms with van der Waals surface area (Å²) in [6, 6.07) is 11.1. The van der Waals surface area contributed by atoms with Crippen LogP contribution in [0.1, 0.15) is 38.7 Å². The Kier molecular flexibility index (Phi) is 5.40. The maximum Gasteiger partial charge on any atom is 0.251 e. The molecule has 1 unspecified atom stereocenters. The fourth-order valence-corrected chi connectivity index (χ4v) is 2.76. The number of carbonyl (C=O) groups excluding carboxylic acids is 1. The summed E-state index contributed by atoms with van der Waals surface area (Å²) in [6.45, 7) is 6.02. The van der Waals surface area contributed by atoms with E-state index in [1.54, 1.807) is 31.4 Å². The molecule has 1 atom stereocenters. The molecule has 0 saturated heterocycles. The molecule has 2 aromatic rings. The van der Waals surface area contributed by atoms with Crippen LogP contribution < -0.4 is 10.1 Å². The molecule has 0 heterocycles. The number of hydrogen-bond acceptors (Lipinski definition) is 3. The Morgan fingerprint density at radius 3 is 2.22 bits per heavy atom. The molecule has 0 aliphatic heterocycles. The van der Waals surface area contributed by atoms with E-state index in [0.717, 1.165) is 28.0 Å². The van der Waals surface area contributed by atoms with Crippen LogP contribution >= 0.6 is 0 Å². The summed E-state index contributed by atoms with van der Waals surface area (Å²) in [6.07, 6.45) is -0.754. The van der Waals surface area contributed by atoms with Crippen molar-refractivity contribution in [3.63, 3.8) is 0 Å². The van der Waals surface area contributed by atoms with Gasteiger partial charge in [0, 0.05) is 12.1 Å². The van der Waals surface area contributed by atoms with Crippen molar-refractivity contribution in [2.75, 3.05) is 13.7 Å². The Morgan fingerprint density at radius 2 is 1.70 bits per heavy atom. The standard InChI is InChI=1S/C19H23NO3/c1-12-9-13(2)18(14(3)10-12)19(22)20-11-17(21)15-5-7-16(23-4)8-6-15/h5-10,17,21H,11H2,1-4H3,(H,20,22). The smallest absolute Gasteiger partial charge is 0.251 e. The van der Waals surface area contributed by atoms with Gasteiger partial charge in [-0.3, -0.25) is 4.79 Å². The topological polar surface area (TPSA) is 58.6 Å². The van der Waals surface area contributed by atoms with E-state index < -0.39 is 6.10 Å². The third-order valence-electron chi connectivity index (χ3n) is 3.86. The lowest BCUT2D eigenvalue weighted by Gasteiger charge is -2.15. The van der Waals surface area contributed by atoms with Crippen molar-refractivity contribution < 1.29 is 14.6 Å². The molecule has 0 aromatic heterocycles. The van der Waals surface area contributed by atoms with Gasteiger partial charge in [0.25, 0.3) is 5.91 Å². The van der Waals surface area contributed by atoms with Crippen molar-refractivity contribution in [2.45, 2.75) is 26.9 Å². The first kappa shape index (κ1) is 17.0. The second-order valence-corrected chi connectivity index (χ2v) is 5.77. The van der Waals surface area contributed by atoms with Crippen molar-refractivity contribution >= 4 is 5.91 Å². The van der Waals surface area contributed by atoms with Crippen LogP contribution in [0.4, 0.5) is 0 Å².